The van der Waals surface area contributed by atoms with Crippen molar-refractivity contribution in [2.75, 3.05) is 6.61 Å². The highest BCUT2D eigenvalue weighted by Crippen LogP contribution is 1.99. The maximum Gasteiger partial charge on any atom is 0.343 e. The van der Waals surface area contributed by atoms with Gasteiger partial charge in [-0.25, -0.2) is 9.48 Å². The molecule has 5 nitrogen and oxygen atoms in total. The molecule has 0 saturated carbocycles. The molecule has 0 aliphatic heterocycles. The van der Waals surface area contributed by atoms with E-state index in [-0.39, 0.29) is 12.3 Å². The summed E-state index contributed by atoms with van der Waals surface area (Å²) in [6.45, 7) is 0.430. The van der Waals surface area contributed by atoms with E-state index in [0.29, 0.717) is 18.8 Å². The number of aromatic nitrogens is 3. The van der Waals surface area contributed by atoms with Crippen LogP contribution in [-0.2, 0) is 13.0 Å². The summed E-state index contributed by atoms with van der Waals surface area (Å²) >= 11 is 0. The van der Waals surface area contributed by atoms with Crippen LogP contribution < -0.4 is 5.69 Å². The molecule has 2 rings (SSSR count). The molecule has 2 N–H and O–H groups in total. The maximum atomic E-state index is 11.5. The van der Waals surface area contributed by atoms with Gasteiger partial charge in [-0.2, -0.15) is 5.10 Å². The van der Waals surface area contributed by atoms with Gasteiger partial charge in [0.05, 0.1) is 13.2 Å². The second-order valence-corrected chi connectivity index (χ2v) is 3.49. The highest BCUT2D eigenvalue weighted by atomic mass is 16.3. The quantitative estimate of drug-likeness (QED) is 0.769. The largest absolute Gasteiger partial charge is 0.396 e. The summed E-state index contributed by atoms with van der Waals surface area (Å²) in [5.41, 5.74) is 0.777. The first kappa shape index (κ1) is 10.6. The SMILES string of the molecule is O=c1[nH]c(CCO)nn1Cc1ccccc1. The van der Waals surface area contributed by atoms with Crippen LogP contribution in [0.1, 0.15) is 11.4 Å². The summed E-state index contributed by atoms with van der Waals surface area (Å²) in [4.78, 5) is 14.1. The Morgan fingerprint density at radius 2 is 2.06 bits per heavy atom. The minimum Gasteiger partial charge on any atom is -0.396 e. The Kier molecular flexibility index (Phi) is 3.16. The Hall–Kier alpha value is -1.88. The zero-order valence-electron chi connectivity index (χ0n) is 8.76. The van der Waals surface area contributed by atoms with Gasteiger partial charge in [0, 0.05) is 6.42 Å². The monoisotopic (exact) mass is 219 g/mol. The number of aliphatic hydroxyl groups is 1. The van der Waals surface area contributed by atoms with E-state index in [0.717, 1.165) is 5.56 Å². The summed E-state index contributed by atoms with van der Waals surface area (Å²) < 4.78 is 1.36. The second-order valence-electron chi connectivity index (χ2n) is 3.49. The van der Waals surface area contributed by atoms with Crippen LogP contribution >= 0.6 is 0 Å². The molecule has 0 radical (unpaired) electrons. The molecule has 0 aliphatic carbocycles. The summed E-state index contributed by atoms with van der Waals surface area (Å²) in [7, 11) is 0. The Bertz CT molecular complexity index is 501. The fourth-order valence-electron chi connectivity index (χ4n) is 1.49. The summed E-state index contributed by atoms with van der Waals surface area (Å²) in [6.07, 6.45) is 0.372. The third-order valence-corrected chi connectivity index (χ3v) is 2.25. The predicted octanol–water partition coefficient (Wildman–Crippen LogP) is 0.154. The zero-order valence-corrected chi connectivity index (χ0v) is 8.76. The van der Waals surface area contributed by atoms with Crippen molar-refractivity contribution >= 4 is 0 Å². The Labute approximate surface area is 92.4 Å². The molecule has 5 heteroatoms. The van der Waals surface area contributed by atoms with E-state index in [1.807, 2.05) is 30.3 Å². The standard InChI is InChI=1S/C11H13N3O2/c15-7-6-10-12-11(16)14(13-10)8-9-4-2-1-3-5-9/h1-5,15H,6-8H2,(H,12,13,16). The number of aromatic amines is 1. The highest BCUT2D eigenvalue weighted by molar-refractivity contribution is 5.14. The molecule has 0 fully saturated rings. The van der Waals surface area contributed by atoms with Gasteiger partial charge in [-0.05, 0) is 5.56 Å². The molecular formula is C11H13N3O2. The van der Waals surface area contributed by atoms with Crippen LogP contribution in [0.5, 0.6) is 0 Å². The minimum atomic E-state index is -0.243. The maximum absolute atomic E-state index is 11.5. The summed E-state index contributed by atoms with van der Waals surface area (Å²) in [6, 6.07) is 9.64. The first-order valence-corrected chi connectivity index (χ1v) is 5.10. The van der Waals surface area contributed by atoms with Crippen molar-refractivity contribution in [3.63, 3.8) is 0 Å². The Balaban J connectivity index is 2.19. The molecule has 16 heavy (non-hydrogen) atoms. The van der Waals surface area contributed by atoms with E-state index in [4.69, 9.17) is 5.11 Å². The van der Waals surface area contributed by atoms with Crippen LogP contribution in [0.2, 0.25) is 0 Å². The predicted molar refractivity (Wildman–Crippen MR) is 59.2 cm³/mol. The molecule has 1 aromatic heterocycles. The van der Waals surface area contributed by atoms with Gasteiger partial charge >= 0.3 is 5.69 Å². The van der Waals surface area contributed by atoms with Gasteiger partial charge in [0.15, 0.2) is 0 Å². The van der Waals surface area contributed by atoms with Crippen LogP contribution in [0.3, 0.4) is 0 Å². The fourth-order valence-corrected chi connectivity index (χ4v) is 1.49. The van der Waals surface area contributed by atoms with Gasteiger partial charge < -0.3 is 5.11 Å². The van der Waals surface area contributed by atoms with Gasteiger partial charge in [0.1, 0.15) is 5.82 Å². The van der Waals surface area contributed by atoms with Crippen molar-refractivity contribution in [2.24, 2.45) is 0 Å². The van der Waals surface area contributed by atoms with E-state index in [2.05, 4.69) is 10.1 Å². The van der Waals surface area contributed by atoms with E-state index >= 15 is 0 Å². The lowest BCUT2D eigenvalue weighted by molar-refractivity contribution is 0.296. The normalized spacial score (nSPS) is 10.6. The van der Waals surface area contributed by atoms with Crippen LogP contribution in [-0.4, -0.2) is 26.5 Å². The molecule has 84 valence electrons. The first-order valence-electron chi connectivity index (χ1n) is 5.10. The van der Waals surface area contributed by atoms with Crippen molar-refractivity contribution in [3.8, 4) is 0 Å². The molecule has 0 unspecified atom stereocenters. The van der Waals surface area contributed by atoms with Gasteiger partial charge in [-0.15, -0.1) is 0 Å². The number of aliphatic hydroxyl groups excluding tert-OH is 1. The van der Waals surface area contributed by atoms with Gasteiger partial charge in [-0.3, -0.25) is 4.98 Å². The number of hydrogen-bond donors (Lipinski definition) is 2. The van der Waals surface area contributed by atoms with Crippen molar-refractivity contribution in [1.82, 2.24) is 14.8 Å². The number of H-pyrrole nitrogens is 1. The van der Waals surface area contributed by atoms with E-state index < -0.39 is 0 Å². The van der Waals surface area contributed by atoms with E-state index in [1.54, 1.807) is 0 Å². The van der Waals surface area contributed by atoms with Crippen molar-refractivity contribution in [3.05, 3.63) is 52.2 Å². The summed E-state index contributed by atoms with van der Waals surface area (Å²) in [5.74, 6) is 0.517. The van der Waals surface area contributed by atoms with Gasteiger partial charge in [0.25, 0.3) is 0 Å². The molecule has 0 aliphatic rings. The Morgan fingerprint density at radius 1 is 1.31 bits per heavy atom. The smallest absolute Gasteiger partial charge is 0.343 e. The van der Waals surface area contributed by atoms with Gasteiger partial charge in [0.2, 0.25) is 0 Å². The topological polar surface area (TPSA) is 70.9 Å². The van der Waals surface area contributed by atoms with Crippen LogP contribution in [0.4, 0.5) is 0 Å². The van der Waals surface area contributed by atoms with Crippen LogP contribution in [0, 0.1) is 0 Å². The van der Waals surface area contributed by atoms with Crippen molar-refractivity contribution < 1.29 is 5.11 Å². The second kappa shape index (κ2) is 4.76. The molecule has 1 heterocycles. The lowest BCUT2D eigenvalue weighted by Gasteiger charge is -1.98. The number of rotatable bonds is 4. The third kappa shape index (κ3) is 2.38. The average Bonchev–Trinajstić information content (AvgIpc) is 2.61. The van der Waals surface area contributed by atoms with E-state index in [9.17, 15) is 4.79 Å². The number of hydrogen-bond acceptors (Lipinski definition) is 3. The van der Waals surface area contributed by atoms with Crippen molar-refractivity contribution in [1.29, 1.82) is 0 Å². The molecule has 1 aromatic carbocycles. The molecule has 2 aromatic rings. The molecule has 0 amide bonds. The van der Waals surface area contributed by atoms with Crippen LogP contribution in [0.15, 0.2) is 35.1 Å². The molecule has 0 saturated heterocycles. The van der Waals surface area contributed by atoms with Gasteiger partial charge in [-0.1, -0.05) is 30.3 Å². The van der Waals surface area contributed by atoms with E-state index in [1.165, 1.54) is 4.68 Å². The lowest BCUT2D eigenvalue weighted by Crippen LogP contribution is -2.18. The first-order chi connectivity index (χ1) is 7.79. The molecule has 0 bridgehead atoms. The fraction of sp³-hybridized carbons (Fsp3) is 0.273. The number of nitrogens with one attached hydrogen (secondary N) is 1. The zero-order chi connectivity index (χ0) is 11.4. The summed E-state index contributed by atoms with van der Waals surface area (Å²) in [5, 5.41) is 12.8. The number of benzene rings is 1. The average molecular weight is 219 g/mol. The molecule has 0 spiro atoms. The van der Waals surface area contributed by atoms with Crippen LogP contribution in [0.25, 0.3) is 0 Å². The number of nitrogens with zero attached hydrogens (tertiary/aromatic N) is 2. The molecular weight excluding hydrogens is 206 g/mol. The lowest BCUT2D eigenvalue weighted by atomic mass is 10.2. The molecule has 0 atom stereocenters. The Morgan fingerprint density at radius 3 is 2.75 bits per heavy atom. The third-order valence-electron chi connectivity index (χ3n) is 2.25. The van der Waals surface area contributed by atoms with Crippen molar-refractivity contribution in [2.45, 2.75) is 13.0 Å². The minimum absolute atomic E-state index is 0.0156. The highest BCUT2D eigenvalue weighted by Gasteiger charge is 2.04.